The van der Waals surface area contributed by atoms with Crippen molar-refractivity contribution < 1.29 is 23.9 Å². The molecule has 1 N–H and O–H groups in total. The number of ketones is 2. The molecular weight excluding hydrogens is 394 g/mol. The van der Waals surface area contributed by atoms with Crippen molar-refractivity contribution in [2.24, 2.45) is 0 Å². The first-order valence-electron chi connectivity index (χ1n) is 9.76. The molecule has 0 atom stereocenters. The maximum absolute atomic E-state index is 13.0. The SMILES string of the molecule is Cc1ccc(CNC(=O)COC(=O)c2cccc3c2C(=O)c2ccccc2C3=O)cc1. The zero-order chi connectivity index (χ0) is 22.0. The first kappa shape index (κ1) is 20.2. The average Bonchev–Trinajstić information content (AvgIpc) is 2.80. The molecule has 0 unspecified atom stereocenters. The Morgan fingerprint density at radius 1 is 0.806 bits per heavy atom. The fourth-order valence-corrected chi connectivity index (χ4v) is 3.48. The highest BCUT2D eigenvalue weighted by Crippen LogP contribution is 2.29. The van der Waals surface area contributed by atoms with Gasteiger partial charge in [-0.05, 0) is 18.6 Å². The standard InChI is InChI=1S/C25H19NO5/c1-15-9-11-16(12-10-15)13-26-21(27)14-31-25(30)20-8-4-7-19-22(20)24(29)18-6-3-2-5-17(18)23(19)28/h2-12H,13-14H2,1H3,(H,26,27). The highest BCUT2D eigenvalue weighted by Gasteiger charge is 2.33. The molecule has 31 heavy (non-hydrogen) atoms. The Morgan fingerprint density at radius 2 is 1.45 bits per heavy atom. The van der Waals surface area contributed by atoms with Gasteiger partial charge in [0.1, 0.15) is 0 Å². The highest BCUT2D eigenvalue weighted by atomic mass is 16.5. The van der Waals surface area contributed by atoms with Gasteiger partial charge in [-0.3, -0.25) is 14.4 Å². The summed E-state index contributed by atoms with van der Waals surface area (Å²) in [5, 5.41) is 2.68. The highest BCUT2D eigenvalue weighted by molar-refractivity contribution is 6.30. The lowest BCUT2D eigenvalue weighted by molar-refractivity contribution is -0.124. The summed E-state index contributed by atoms with van der Waals surface area (Å²) in [6.07, 6.45) is 0. The molecule has 0 saturated heterocycles. The number of rotatable bonds is 5. The van der Waals surface area contributed by atoms with Crippen molar-refractivity contribution in [3.8, 4) is 0 Å². The summed E-state index contributed by atoms with van der Waals surface area (Å²) in [4.78, 5) is 50.4. The first-order chi connectivity index (χ1) is 15.0. The van der Waals surface area contributed by atoms with Crippen LogP contribution in [0.4, 0.5) is 0 Å². The van der Waals surface area contributed by atoms with E-state index in [0.29, 0.717) is 12.1 Å². The molecule has 0 heterocycles. The van der Waals surface area contributed by atoms with Crippen LogP contribution in [0, 0.1) is 6.92 Å². The van der Waals surface area contributed by atoms with Crippen molar-refractivity contribution >= 4 is 23.4 Å². The summed E-state index contributed by atoms with van der Waals surface area (Å²) in [5.74, 6) is -2.04. The zero-order valence-corrected chi connectivity index (χ0v) is 16.8. The Bertz CT molecular complexity index is 1210. The normalized spacial score (nSPS) is 12.0. The molecule has 0 fully saturated rings. The van der Waals surface area contributed by atoms with Crippen molar-refractivity contribution in [3.05, 3.63) is 106 Å². The molecule has 0 aromatic heterocycles. The molecule has 1 aliphatic rings. The molecule has 3 aromatic carbocycles. The zero-order valence-electron chi connectivity index (χ0n) is 16.8. The molecule has 0 spiro atoms. The monoisotopic (exact) mass is 413 g/mol. The van der Waals surface area contributed by atoms with Crippen molar-refractivity contribution in [2.75, 3.05) is 6.61 Å². The van der Waals surface area contributed by atoms with Crippen LogP contribution in [0.3, 0.4) is 0 Å². The van der Waals surface area contributed by atoms with Crippen molar-refractivity contribution in [1.82, 2.24) is 5.32 Å². The molecule has 3 aromatic rings. The number of hydrogen-bond acceptors (Lipinski definition) is 5. The van der Waals surface area contributed by atoms with Crippen molar-refractivity contribution in [3.63, 3.8) is 0 Å². The molecular formula is C25H19NO5. The second-order valence-corrected chi connectivity index (χ2v) is 7.27. The number of fused-ring (bicyclic) bond motifs is 2. The van der Waals surface area contributed by atoms with Gasteiger partial charge in [0.05, 0.1) is 5.56 Å². The van der Waals surface area contributed by atoms with E-state index in [9.17, 15) is 19.2 Å². The minimum atomic E-state index is -0.831. The van der Waals surface area contributed by atoms with Gasteiger partial charge in [0.15, 0.2) is 18.2 Å². The molecule has 0 aliphatic heterocycles. The van der Waals surface area contributed by atoms with Gasteiger partial charge in [-0.25, -0.2) is 4.79 Å². The number of hydrogen-bond donors (Lipinski definition) is 1. The summed E-state index contributed by atoms with van der Waals surface area (Å²) in [6, 6.07) is 18.6. The van der Waals surface area contributed by atoms with E-state index in [1.54, 1.807) is 24.3 Å². The number of amides is 1. The Kier molecular flexibility index (Phi) is 5.45. The van der Waals surface area contributed by atoms with Gasteiger partial charge in [-0.2, -0.15) is 0 Å². The quantitative estimate of drug-likeness (QED) is 0.508. The molecule has 0 bridgehead atoms. The second-order valence-electron chi connectivity index (χ2n) is 7.27. The third-order valence-electron chi connectivity index (χ3n) is 5.12. The van der Waals surface area contributed by atoms with Crippen LogP contribution in [0.2, 0.25) is 0 Å². The number of carbonyl (C=O) groups excluding carboxylic acids is 4. The molecule has 6 nitrogen and oxygen atoms in total. The van der Waals surface area contributed by atoms with E-state index in [-0.39, 0.29) is 28.0 Å². The summed E-state index contributed by atoms with van der Waals surface area (Å²) in [7, 11) is 0. The molecule has 1 aliphatic carbocycles. The lowest BCUT2D eigenvalue weighted by Crippen LogP contribution is -2.29. The summed E-state index contributed by atoms with van der Waals surface area (Å²) >= 11 is 0. The van der Waals surface area contributed by atoms with Crippen LogP contribution < -0.4 is 5.32 Å². The van der Waals surface area contributed by atoms with Crippen LogP contribution in [0.25, 0.3) is 0 Å². The van der Waals surface area contributed by atoms with Crippen LogP contribution in [0.5, 0.6) is 0 Å². The lowest BCUT2D eigenvalue weighted by atomic mass is 9.82. The molecule has 4 rings (SSSR count). The predicted molar refractivity (Wildman–Crippen MR) is 113 cm³/mol. The van der Waals surface area contributed by atoms with Gasteiger partial charge in [0, 0.05) is 28.8 Å². The van der Waals surface area contributed by atoms with E-state index >= 15 is 0 Å². The molecule has 6 heteroatoms. The minimum Gasteiger partial charge on any atom is -0.452 e. The largest absolute Gasteiger partial charge is 0.452 e. The van der Waals surface area contributed by atoms with Crippen LogP contribution in [0.1, 0.15) is 53.3 Å². The van der Waals surface area contributed by atoms with Crippen LogP contribution >= 0.6 is 0 Å². The molecule has 0 radical (unpaired) electrons. The lowest BCUT2D eigenvalue weighted by Gasteiger charge is -2.19. The molecule has 1 amide bonds. The number of ether oxygens (including phenoxy) is 1. The fourth-order valence-electron chi connectivity index (χ4n) is 3.48. The van der Waals surface area contributed by atoms with Gasteiger partial charge in [-0.1, -0.05) is 66.2 Å². The van der Waals surface area contributed by atoms with Crippen LogP contribution in [0.15, 0.2) is 66.7 Å². The predicted octanol–water partition coefficient (Wildman–Crippen LogP) is 3.24. The maximum Gasteiger partial charge on any atom is 0.339 e. The number of benzene rings is 3. The molecule has 0 saturated carbocycles. The van der Waals surface area contributed by atoms with E-state index in [4.69, 9.17) is 4.74 Å². The van der Waals surface area contributed by atoms with E-state index < -0.39 is 24.3 Å². The Balaban J connectivity index is 1.46. The Hall–Kier alpha value is -4.06. The van der Waals surface area contributed by atoms with E-state index in [1.807, 2.05) is 31.2 Å². The van der Waals surface area contributed by atoms with Gasteiger partial charge in [0.25, 0.3) is 5.91 Å². The minimum absolute atomic E-state index is 0.0104. The van der Waals surface area contributed by atoms with Crippen molar-refractivity contribution in [1.29, 1.82) is 0 Å². The number of nitrogens with one attached hydrogen (secondary N) is 1. The molecule has 154 valence electrons. The van der Waals surface area contributed by atoms with Crippen LogP contribution in [-0.2, 0) is 16.1 Å². The Morgan fingerprint density at radius 3 is 2.16 bits per heavy atom. The summed E-state index contributed by atoms with van der Waals surface area (Å²) in [5.41, 5.74) is 2.73. The number of carbonyl (C=O) groups is 4. The fraction of sp³-hybridized carbons (Fsp3) is 0.120. The van der Waals surface area contributed by atoms with E-state index in [0.717, 1.165) is 11.1 Å². The van der Waals surface area contributed by atoms with E-state index in [2.05, 4.69) is 5.32 Å². The van der Waals surface area contributed by atoms with Gasteiger partial charge in [0.2, 0.25) is 0 Å². The third kappa shape index (κ3) is 4.00. The first-order valence-corrected chi connectivity index (χ1v) is 9.76. The van der Waals surface area contributed by atoms with Gasteiger partial charge in [-0.15, -0.1) is 0 Å². The second kappa shape index (κ2) is 8.36. The topological polar surface area (TPSA) is 89.5 Å². The van der Waals surface area contributed by atoms with Gasteiger partial charge >= 0.3 is 5.97 Å². The van der Waals surface area contributed by atoms with Crippen molar-refractivity contribution in [2.45, 2.75) is 13.5 Å². The number of aryl methyl sites for hydroxylation is 1. The number of esters is 1. The third-order valence-corrected chi connectivity index (χ3v) is 5.12. The maximum atomic E-state index is 13.0. The summed E-state index contributed by atoms with van der Waals surface area (Å²) < 4.78 is 5.12. The average molecular weight is 413 g/mol. The Labute approximate surface area is 178 Å². The van der Waals surface area contributed by atoms with Crippen LogP contribution in [-0.4, -0.2) is 30.0 Å². The van der Waals surface area contributed by atoms with Gasteiger partial charge < -0.3 is 10.1 Å². The summed E-state index contributed by atoms with van der Waals surface area (Å²) in [6.45, 7) is 1.79. The van der Waals surface area contributed by atoms with E-state index in [1.165, 1.54) is 18.2 Å². The smallest absolute Gasteiger partial charge is 0.339 e.